The first kappa shape index (κ1) is 16.3. The molecular formula is C17H13BrF2N4. The van der Waals surface area contributed by atoms with Crippen LogP contribution in [0, 0.1) is 18.6 Å². The molecule has 0 amide bonds. The molecule has 4 nitrogen and oxygen atoms in total. The second-order valence-corrected chi connectivity index (χ2v) is 6.01. The first-order chi connectivity index (χ1) is 11.5. The molecule has 122 valence electrons. The van der Waals surface area contributed by atoms with Crippen LogP contribution in [0.3, 0.4) is 0 Å². The van der Waals surface area contributed by atoms with Crippen molar-refractivity contribution in [1.29, 1.82) is 0 Å². The zero-order chi connectivity index (χ0) is 17.1. The lowest BCUT2D eigenvalue weighted by molar-refractivity contribution is 0.586. The Balaban J connectivity index is 1.84. The van der Waals surface area contributed by atoms with Gasteiger partial charge in [-0.15, -0.1) is 0 Å². The van der Waals surface area contributed by atoms with Gasteiger partial charge < -0.3 is 10.6 Å². The fourth-order valence-electron chi connectivity index (χ4n) is 2.08. The predicted molar refractivity (Wildman–Crippen MR) is 93.8 cm³/mol. The fourth-order valence-corrected chi connectivity index (χ4v) is 2.35. The van der Waals surface area contributed by atoms with E-state index in [2.05, 4.69) is 36.5 Å². The highest BCUT2D eigenvalue weighted by atomic mass is 79.9. The van der Waals surface area contributed by atoms with E-state index in [9.17, 15) is 8.78 Å². The molecule has 0 aliphatic heterocycles. The molecule has 1 aromatic heterocycles. The first-order valence-corrected chi connectivity index (χ1v) is 7.89. The second kappa shape index (κ2) is 6.92. The summed E-state index contributed by atoms with van der Waals surface area (Å²) in [6, 6.07) is 12.7. The van der Waals surface area contributed by atoms with Crippen LogP contribution in [-0.4, -0.2) is 9.97 Å². The Labute approximate surface area is 146 Å². The van der Waals surface area contributed by atoms with Crippen molar-refractivity contribution in [2.24, 2.45) is 0 Å². The van der Waals surface area contributed by atoms with Gasteiger partial charge in [0.1, 0.15) is 17.5 Å². The molecular weight excluding hydrogens is 378 g/mol. The van der Waals surface area contributed by atoms with Crippen LogP contribution in [0.5, 0.6) is 0 Å². The van der Waals surface area contributed by atoms with E-state index in [4.69, 9.17) is 0 Å². The van der Waals surface area contributed by atoms with E-state index in [0.29, 0.717) is 11.5 Å². The van der Waals surface area contributed by atoms with E-state index in [1.165, 1.54) is 12.1 Å². The minimum absolute atomic E-state index is 0.108. The van der Waals surface area contributed by atoms with E-state index >= 15 is 0 Å². The van der Waals surface area contributed by atoms with Gasteiger partial charge in [-0.2, -0.15) is 4.98 Å². The zero-order valence-electron chi connectivity index (χ0n) is 12.6. The summed E-state index contributed by atoms with van der Waals surface area (Å²) in [7, 11) is 0. The SMILES string of the molecule is Cc1cc(Nc2ccc(Br)cc2)nc(Nc2ccc(F)cc2F)n1. The highest BCUT2D eigenvalue weighted by molar-refractivity contribution is 9.10. The average molecular weight is 391 g/mol. The number of nitrogens with zero attached hydrogens (tertiary/aromatic N) is 2. The Hall–Kier alpha value is -2.54. The molecule has 0 unspecified atom stereocenters. The first-order valence-electron chi connectivity index (χ1n) is 7.10. The van der Waals surface area contributed by atoms with Crippen LogP contribution in [0.25, 0.3) is 0 Å². The summed E-state index contributed by atoms with van der Waals surface area (Å²) in [5.74, 6) is -0.557. The maximum absolute atomic E-state index is 13.7. The molecule has 0 aliphatic carbocycles. The Kier molecular flexibility index (Phi) is 4.71. The summed E-state index contributed by atoms with van der Waals surface area (Å²) in [5, 5.41) is 5.92. The smallest absolute Gasteiger partial charge is 0.229 e. The molecule has 0 atom stereocenters. The Morgan fingerprint density at radius 3 is 2.38 bits per heavy atom. The summed E-state index contributed by atoms with van der Waals surface area (Å²) < 4.78 is 27.7. The van der Waals surface area contributed by atoms with Gasteiger partial charge in [0, 0.05) is 28.0 Å². The molecule has 3 aromatic rings. The molecule has 24 heavy (non-hydrogen) atoms. The molecule has 0 saturated carbocycles. The van der Waals surface area contributed by atoms with Crippen molar-refractivity contribution >= 4 is 39.1 Å². The maximum atomic E-state index is 13.7. The molecule has 0 fully saturated rings. The summed E-state index contributed by atoms with van der Waals surface area (Å²) >= 11 is 3.38. The third-order valence-electron chi connectivity index (χ3n) is 3.15. The monoisotopic (exact) mass is 390 g/mol. The molecule has 2 aromatic carbocycles. The number of anilines is 4. The molecule has 0 radical (unpaired) electrons. The van der Waals surface area contributed by atoms with Crippen molar-refractivity contribution in [2.45, 2.75) is 6.92 Å². The summed E-state index contributed by atoms with van der Waals surface area (Å²) in [6.07, 6.45) is 0. The zero-order valence-corrected chi connectivity index (χ0v) is 14.2. The van der Waals surface area contributed by atoms with Gasteiger partial charge in [-0.05, 0) is 43.3 Å². The van der Waals surface area contributed by atoms with Crippen molar-refractivity contribution in [3.63, 3.8) is 0 Å². The van der Waals surface area contributed by atoms with Gasteiger partial charge in [-0.25, -0.2) is 13.8 Å². The lowest BCUT2D eigenvalue weighted by atomic mass is 10.3. The molecule has 1 heterocycles. The molecule has 0 saturated heterocycles. The van der Waals surface area contributed by atoms with Gasteiger partial charge in [-0.3, -0.25) is 0 Å². The van der Waals surface area contributed by atoms with Crippen LogP contribution >= 0.6 is 15.9 Å². The minimum atomic E-state index is -0.706. The number of nitrogens with one attached hydrogen (secondary N) is 2. The van der Waals surface area contributed by atoms with Crippen molar-refractivity contribution in [3.05, 3.63) is 70.3 Å². The quantitative estimate of drug-likeness (QED) is 0.633. The van der Waals surface area contributed by atoms with Crippen LogP contribution in [0.2, 0.25) is 0 Å². The molecule has 0 spiro atoms. The Morgan fingerprint density at radius 2 is 1.67 bits per heavy atom. The lowest BCUT2D eigenvalue weighted by Crippen LogP contribution is -2.03. The molecule has 0 bridgehead atoms. The van der Waals surface area contributed by atoms with Crippen molar-refractivity contribution in [3.8, 4) is 0 Å². The van der Waals surface area contributed by atoms with E-state index in [1.807, 2.05) is 24.3 Å². The van der Waals surface area contributed by atoms with E-state index in [1.54, 1.807) is 13.0 Å². The highest BCUT2D eigenvalue weighted by Gasteiger charge is 2.08. The van der Waals surface area contributed by atoms with E-state index < -0.39 is 11.6 Å². The minimum Gasteiger partial charge on any atom is -0.340 e. The van der Waals surface area contributed by atoms with E-state index in [0.717, 1.165) is 16.2 Å². The largest absolute Gasteiger partial charge is 0.340 e. The number of hydrogen-bond acceptors (Lipinski definition) is 4. The van der Waals surface area contributed by atoms with Crippen LogP contribution < -0.4 is 10.6 Å². The predicted octanol–water partition coefficient (Wildman–Crippen LogP) is 5.31. The van der Waals surface area contributed by atoms with Gasteiger partial charge in [0.25, 0.3) is 0 Å². The summed E-state index contributed by atoms with van der Waals surface area (Å²) in [6.45, 7) is 1.81. The third-order valence-corrected chi connectivity index (χ3v) is 3.68. The number of aryl methyl sites for hydroxylation is 1. The number of halogens is 3. The third kappa shape index (κ3) is 4.05. The average Bonchev–Trinajstić information content (AvgIpc) is 2.52. The molecule has 3 rings (SSSR count). The number of hydrogen-bond donors (Lipinski definition) is 2. The standard InChI is InChI=1S/C17H13BrF2N4/c1-10-8-16(22-13-5-2-11(18)3-6-13)24-17(21-10)23-15-7-4-12(19)9-14(15)20/h2-9H,1H3,(H2,21,22,23,24). The molecule has 0 aliphatic rings. The summed E-state index contributed by atoms with van der Waals surface area (Å²) in [5.41, 5.74) is 1.67. The van der Waals surface area contributed by atoms with Gasteiger partial charge in [0.2, 0.25) is 5.95 Å². The molecule has 7 heteroatoms. The van der Waals surface area contributed by atoms with Crippen LogP contribution in [0.4, 0.5) is 31.9 Å². The summed E-state index contributed by atoms with van der Waals surface area (Å²) in [4.78, 5) is 8.52. The highest BCUT2D eigenvalue weighted by Crippen LogP contribution is 2.22. The van der Waals surface area contributed by atoms with Gasteiger partial charge in [0.05, 0.1) is 5.69 Å². The van der Waals surface area contributed by atoms with Crippen LogP contribution in [-0.2, 0) is 0 Å². The second-order valence-electron chi connectivity index (χ2n) is 5.10. The lowest BCUT2D eigenvalue weighted by Gasteiger charge is -2.10. The fraction of sp³-hybridized carbons (Fsp3) is 0.0588. The van der Waals surface area contributed by atoms with Gasteiger partial charge in [0.15, 0.2) is 0 Å². The van der Waals surface area contributed by atoms with Crippen molar-refractivity contribution in [2.75, 3.05) is 10.6 Å². The maximum Gasteiger partial charge on any atom is 0.229 e. The van der Waals surface area contributed by atoms with Crippen molar-refractivity contribution < 1.29 is 8.78 Å². The Bertz CT molecular complexity index is 869. The van der Waals surface area contributed by atoms with E-state index in [-0.39, 0.29) is 11.6 Å². The van der Waals surface area contributed by atoms with Crippen LogP contribution in [0.15, 0.2) is 53.0 Å². The number of rotatable bonds is 4. The Morgan fingerprint density at radius 1 is 0.917 bits per heavy atom. The normalized spacial score (nSPS) is 10.5. The van der Waals surface area contributed by atoms with Crippen LogP contribution in [0.1, 0.15) is 5.69 Å². The van der Waals surface area contributed by atoms with Crippen molar-refractivity contribution in [1.82, 2.24) is 9.97 Å². The number of benzene rings is 2. The molecule has 2 N–H and O–H groups in total. The topological polar surface area (TPSA) is 49.8 Å². The number of aromatic nitrogens is 2. The van der Waals surface area contributed by atoms with Gasteiger partial charge >= 0.3 is 0 Å². The van der Waals surface area contributed by atoms with Gasteiger partial charge in [-0.1, -0.05) is 15.9 Å².